The molecular weight excluding hydrogens is 185 g/mol. The lowest BCUT2D eigenvalue weighted by molar-refractivity contribution is 0.0548. The van der Waals surface area contributed by atoms with E-state index in [-0.39, 0.29) is 0 Å². The molecule has 0 aromatic rings. The molecule has 1 saturated heterocycles. The van der Waals surface area contributed by atoms with Crippen LogP contribution in [0.3, 0.4) is 0 Å². The first-order valence-corrected chi connectivity index (χ1v) is 5.24. The zero-order chi connectivity index (χ0) is 11.3. The Balaban J connectivity index is 2.37. The highest BCUT2D eigenvalue weighted by Crippen LogP contribution is 2.18. The van der Waals surface area contributed by atoms with Crippen LogP contribution in [0.15, 0.2) is 36.5 Å². The van der Waals surface area contributed by atoms with Crippen LogP contribution in [0.25, 0.3) is 0 Å². The molecule has 0 aromatic heterocycles. The molecule has 1 heterocycles. The van der Waals surface area contributed by atoms with Gasteiger partial charge in [-0.25, -0.2) is 0 Å². The number of hydrogen-bond acceptors (Lipinski definition) is 2. The van der Waals surface area contributed by atoms with E-state index in [1.165, 1.54) is 0 Å². The standard InChI is InChI=1S/C12H18BNO/c1-10(4-5-11(2)13)12(3)14-6-8-15-9-7-14/h1-9H2. The monoisotopic (exact) mass is 203 g/mol. The molecule has 0 bridgehead atoms. The van der Waals surface area contributed by atoms with E-state index in [1.54, 1.807) is 0 Å². The van der Waals surface area contributed by atoms with E-state index < -0.39 is 0 Å². The van der Waals surface area contributed by atoms with Crippen LogP contribution in [0.1, 0.15) is 12.8 Å². The van der Waals surface area contributed by atoms with Crippen LogP contribution in [0.2, 0.25) is 0 Å². The largest absolute Gasteiger partial charge is 0.378 e. The summed E-state index contributed by atoms with van der Waals surface area (Å²) in [5.74, 6) is 0. The maximum atomic E-state index is 5.52. The third-order valence-corrected chi connectivity index (χ3v) is 2.55. The van der Waals surface area contributed by atoms with Gasteiger partial charge in [0.25, 0.3) is 0 Å². The van der Waals surface area contributed by atoms with Crippen LogP contribution >= 0.6 is 0 Å². The van der Waals surface area contributed by atoms with Crippen molar-refractivity contribution in [2.24, 2.45) is 0 Å². The molecule has 1 fully saturated rings. The van der Waals surface area contributed by atoms with Gasteiger partial charge in [-0.2, -0.15) is 0 Å². The van der Waals surface area contributed by atoms with Crippen LogP contribution in [-0.4, -0.2) is 39.0 Å². The Morgan fingerprint density at radius 3 is 2.27 bits per heavy atom. The summed E-state index contributed by atoms with van der Waals surface area (Å²) in [5, 5.41) is 0. The van der Waals surface area contributed by atoms with E-state index in [2.05, 4.69) is 24.6 Å². The zero-order valence-electron chi connectivity index (χ0n) is 9.30. The fraction of sp³-hybridized carbons (Fsp3) is 0.500. The van der Waals surface area contributed by atoms with Gasteiger partial charge in [0, 0.05) is 18.8 Å². The summed E-state index contributed by atoms with van der Waals surface area (Å²) < 4.78 is 5.28. The number of nitrogens with zero attached hydrogens (tertiary/aromatic N) is 1. The molecule has 0 spiro atoms. The Kier molecular flexibility index (Phi) is 4.69. The second-order valence-electron chi connectivity index (χ2n) is 3.81. The first-order chi connectivity index (χ1) is 7.11. The maximum Gasteiger partial charge on any atom is 0.106 e. The maximum absolute atomic E-state index is 5.52. The molecule has 0 aliphatic carbocycles. The van der Waals surface area contributed by atoms with Gasteiger partial charge in [0.05, 0.1) is 13.2 Å². The highest BCUT2D eigenvalue weighted by molar-refractivity contribution is 6.21. The Morgan fingerprint density at radius 1 is 1.13 bits per heavy atom. The quantitative estimate of drug-likeness (QED) is 0.499. The van der Waals surface area contributed by atoms with Crippen molar-refractivity contribution in [2.45, 2.75) is 12.8 Å². The Morgan fingerprint density at radius 2 is 1.73 bits per heavy atom. The molecule has 3 heteroatoms. The van der Waals surface area contributed by atoms with Crippen molar-refractivity contribution >= 4 is 7.85 Å². The van der Waals surface area contributed by atoms with Gasteiger partial charge in [-0.15, -0.1) is 12.1 Å². The highest BCUT2D eigenvalue weighted by Gasteiger charge is 2.13. The molecule has 1 rings (SSSR count). The summed E-state index contributed by atoms with van der Waals surface area (Å²) in [5.41, 5.74) is 2.76. The van der Waals surface area contributed by atoms with Gasteiger partial charge in [0.15, 0.2) is 0 Å². The molecule has 0 aromatic carbocycles. The lowest BCUT2D eigenvalue weighted by Gasteiger charge is -2.31. The van der Waals surface area contributed by atoms with E-state index in [1.807, 2.05) is 0 Å². The van der Waals surface area contributed by atoms with Crippen molar-refractivity contribution in [3.05, 3.63) is 36.5 Å². The van der Waals surface area contributed by atoms with Crippen LogP contribution in [0, 0.1) is 0 Å². The number of morpholine rings is 1. The van der Waals surface area contributed by atoms with Crippen molar-refractivity contribution in [1.29, 1.82) is 0 Å². The average Bonchev–Trinajstić information content (AvgIpc) is 2.26. The molecule has 0 saturated carbocycles. The second kappa shape index (κ2) is 5.81. The summed E-state index contributed by atoms with van der Waals surface area (Å²) in [4.78, 5) is 2.21. The highest BCUT2D eigenvalue weighted by atomic mass is 16.5. The van der Waals surface area contributed by atoms with Crippen LogP contribution in [0.5, 0.6) is 0 Å². The molecule has 1 aliphatic heterocycles. The normalized spacial score (nSPS) is 16.1. The third-order valence-electron chi connectivity index (χ3n) is 2.55. The fourth-order valence-electron chi connectivity index (χ4n) is 1.51. The van der Waals surface area contributed by atoms with E-state index in [4.69, 9.17) is 12.6 Å². The van der Waals surface area contributed by atoms with E-state index in [0.29, 0.717) is 5.47 Å². The van der Waals surface area contributed by atoms with Crippen LogP contribution < -0.4 is 0 Å². The van der Waals surface area contributed by atoms with Crippen molar-refractivity contribution < 1.29 is 4.74 Å². The van der Waals surface area contributed by atoms with Gasteiger partial charge in [-0.05, 0) is 18.4 Å². The molecule has 0 unspecified atom stereocenters. The number of rotatable bonds is 5. The molecular formula is C12H18BNO. The molecule has 15 heavy (non-hydrogen) atoms. The van der Waals surface area contributed by atoms with E-state index in [9.17, 15) is 0 Å². The molecule has 2 nitrogen and oxygen atoms in total. The Bertz CT molecular complexity index is 267. The van der Waals surface area contributed by atoms with E-state index in [0.717, 1.165) is 50.4 Å². The fourth-order valence-corrected chi connectivity index (χ4v) is 1.51. The summed E-state index contributed by atoms with van der Waals surface area (Å²) in [6.07, 6.45) is 1.62. The minimum absolute atomic E-state index is 0.700. The van der Waals surface area contributed by atoms with Gasteiger partial charge >= 0.3 is 0 Å². The molecule has 1 aliphatic rings. The minimum Gasteiger partial charge on any atom is -0.378 e. The third kappa shape index (κ3) is 3.96. The average molecular weight is 203 g/mol. The summed E-state index contributed by atoms with van der Waals surface area (Å²) in [6, 6.07) is 0. The second-order valence-corrected chi connectivity index (χ2v) is 3.81. The van der Waals surface area contributed by atoms with Gasteiger partial charge in [-0.1, -0.05) is 13.2 Å². The molecule has 80 valence electrons. The topological polar surface area (TPSA) is 12.5 Å². The van der Waals surface area contributed by atoms with Gasteiger partial charge < -0.3 is 9.64 Å². The molecule has 0 atom stereocenters. The Hall–Kier alpha value is -0.955. The molecule has 0 amide bonds. The van der Waals surface area contributed by atoms with Gasteiger partial charge in [0.1, 0.15) is 7.85 Å². The van der Waals surface area contributed by atoms with Crippen molar-refractivity contribution in [2.75, 3.05) is 26.3 Å². The van der Waals surface area contributed by atoms with Crippen molar-refractivity contribution in [1.82, 2.24) is 4.90 Å². The minimum atomic E-state index is 0.700. The predicted octanol–water partition coefficient (Wildman–Crippen LogP) is 1.85. The first kappa shape index (κ1) is 12.1. The van der Waals surface area contributed by atoms with Crippen LogP contribution in [-0.2, 0) is 4.74 Å². The van der Waals surface area contributed by atoms with Crippen molar-refractivity contribution in [3.8, 4) is 0 Å². The van der Waals surface area contributed by atoms with Gasteiger partial charge in [0.2, 0.25) is 0 Å². The first-order valence-electron chi connectivity index (χ1n) is 5.24. The smallest absolute Gasteiger partial charge is 0.106 e. The number of allylic oxidation sites excluding steroid dienone is 2. The van der Waals surface area contributed by atoms with Gasteiger partial charge in [-0.3, -0.25) is 0 Å². The van der Waals surface area contributed by atoms with Crippen LogP contribution in [0.4, 0.5) is 0 Å². The van der Waals surface area contributed by atoms with E-state index >= 15 is 0 Å². The van der Waals surface area contributed by atoms with Crippen molar-refractivity contribution in [3.63, 3.8) is 0 Å². The Labute approximate surface area is 93.7 Å². The lowest BCUT2D eigenvalue weighted by atomic mass is 9.91. The molecule has 2 radical (unpaired) electrons. The number of ether oxygens (including phenoxy) is 1. The molecule has 0 N–H and O–H groups in total. The summed E-state index contributed by atoms with van der Waals surface area (Å²) in [7, 11) is 5.52. The summed E-state index contributed by atoms with van der Waals surface area (Å²) >= 11 is 0. The number of hydrogen-bond donors (Lipinski definition) is 0. The predicted molar refractivity (Wildman–Crippen MR) is 64.8 cm³/mol. The lowest BCUT2D eigenvalue weighted by Crippen LogP contribution is -2.35. The zero-order valence-corrected chi connectivity index (χ0v) is 9.30. The summed E-state index contributed by atoms with van der Waals surface area (Å²) in [6.45, 7) is 15.1. The SMILES string of the molecule is [B]C(=C)CCC(=C)C(=C)N1CCOCC1.